The number of benzene rings is 1. The summed E-state index contributed by atoms with van der Waals surface area (Å²) in [5, 5.41) is 10.2. The lowest BCUT2D eigenvalue weighted by atomic mass is 10.0. The van der Waals surface area contributed by atoms with Crippen molar-refractivity contribution < 1.29 is 5.11 Å². The molecule has 0 atom stereocenters. The van der Waals surface area contributed by atoms with Crippen LogP contribution in [-0.2, 0) is 0 Å². The largest absolute Gasteiger partial charge is 0.493 e. The van der Waals surface area contributed by atoms with Crippen LogP contribution in [0.15, 0.2) is 41.2 Å². The summed E-state index contributed by atoms with van der Waals surface area (Å²) in [7, 11) is 0. The van der Waals surface area contributed by atoms with Gasteiger partial charge in [-0.3, -0.25) is 4.79 Å². The van der Waals surface area contributed by atoms with Gasteiger partial charge < -0.3 is 10.1 Å². The lowest BCUT2D eigenvalue weighted by Crippen LogP contribution is -2.12. The van der Waals surface area contributed by atoms with Gasteiger partial charge in [0.1, 0.15) is 5.56 Å². The molecule has 106 valence electrons. The van der Waals surface area contributed by atoms with Crippen LogP contribution >= 0.6 is 11.3 Å². The number of aromatic amines is 1. The van der Waals surface area contributed by atoms with Crippen LogP contribution in [0, 0.1) is 13.8 Å². The van der Waals surface area contributed by atoms with Gasteiger partial charge in [-0.25, -0.2) is 0 Å². The van der Waals surface area contributed by atoms with Gasteiger partial charge in [-0.2, -0.15) is 4.98 Å². The summed E-state index contributed by atoms with van der Waals surface area (Å²) in [5.41, 5.74) is 1.49. The van der Waals surface area contributed by atoms with Crippen molar-refractivity contribution in [2.75, 3.05) is 0 Å². The SMILES string of the molecule is Cc1ccc(-c2nc(O)c(-c3ccccc3C)c(=O)[nH]2)s1. The Hall–Kier alpha value is -2.40. The first-order valence-electron chi connectivity index (χ1n) is 6.52. The molecule has 1 aromatic carbocycles. The summed E-state index contributed by atoms with van der Waals surface area (Å²) in [4.78, 5) is 21.2. The van der Waals surface area contributed by atoms with Crippen molar-refractivity contribution in [2.24, 2.45) is 0 Å². The number of nitrogens with zero attached hydrogens (tertiary/aromatic N) is 1. The van der Waals surface area contributed by atoms with Crippen LogP contribution in [-0.4, -0.2) is 15.1 Å². The molecule has 2 aromatic heterocycles. The van der Waals surface area contributed by atoms with Crippen molar-refractivity contribution in [1.29, 1.82) is 0 Å². The Morgan fingerprint density at radius 2 is 1.90 bits per heavy atom. The summed E-state index contributed by atoms with van der Waals surface area (Å²) >= 11 is 1.52. The Morgan fingerprint density at radius 1 is 1.14 bits per heavy atom. The molecule has 0 unspecified atom stereocenters. The maximum atomic E-state index is 12.3. The van der Waals surface area contributed by atoms with Crippen LogP contribution in [0.5, 0.6) is 5.88 Å². The normalized spacial score (nSPS) is 10.8. The molecule has 0 aliphatic carbocycles. The number of H-pyrrole nitrogens is 1. The highest BCUT2D eigenvalue weighted by Crippen LogP contribution is 2.30. The molecular weight excluding hydrogens is 284 g/mol. The zero-order valence-corrected chi connectivity index (χ0v) is 12.5. The van der Waals surface area contributed by atoms with Gasteiger partial charge >= 0.3 is 0 Å². The molecule has 2 heterocycles. The molecule has 0 radical (unpaired) electrons. The predicted octanol–water partition coefficient (Wildman–Crippen LogP) is 3.49. The van der Waals surface area contributed by atoms with E-state index in [9.17, 15) is 9.90 Å². The Balaban J connectivity index is 2.18. The van der Waals surface area contributed by atoms with E-state index in [1.807, 2.05) is 44.2 Å². The van der Waals surface area contributed by atoms with Gasteiger partial charge in [0.25, 0.3) is 5.56 Å². The van der Waals surface area contributed by atoms with Gasteiger partial charge in [-0.1, -0.05) is 24.3 Å². The number of thiophene rings is 1. The number of aromatic hydroxyl groups is 1. The Morgan fingerprint density at radius 3 is 2.52 bits per heavy atom. The van der Waals surface area contributed by atoms with Gasteiger partial charge in [-0.15, -0.1) is 11.3 Å². The first kappa shape index (κ1) is 13.6. The van der Waals surface area contributed by atoms with E-state index in [4.69, 9.17) is 0 Å². The molecule has 0 spiro atoms. The number of aromatic nitrogens is 2. The second-order valence-electron chi connectivity index (χ2n) is 4.84. The molecule has 0 saturated carbocycles. The highest BCUT2D eigenvalue weighted by Gasteiger charge is 2.15. The van der Waals surface area contributed by atoms with Crippen molar-refractivity contribution in [1.82, 2.24) is 9.97 Å². The smallest absolute Gasteiger partial charge is 0.262 e. The minimum absolute atomic E-state index is 0.213. The van der Waals surface area contributed by atoms with E-state index in [2.05, 4.69) is 9.97 Å². The first-order valence-corrected chi connectivity index (χ1v) is 7.34. The second kappa shape index (κ2) is 5.18. The summed E-state index contributed by atoms with van der Waals surface area (Å²) in [6.45, 7) is 3.87. The summed E-state index contributed by atoms with van der Waals surface area (Å²) < 4.78 is 0. The summed E-state index contributed by atoms with van der Waals surface area (Å²) in [5.74, 6) is 0.155. The van der Waals surface area contributed by atoms with E-state index in [0.717, 1.165) is 15.3 Å². The molecule has 2 N–H and O–H groups in total. The summed E-state index contributed by atoms with van der Waals surface area (Å²) in [6, 6.07) is 11.2. The molecule has 3 rings (SSSR count). The number of nitrogens with one attached hydrogen (secondary N) is 1. The highest BCUT2D eigenvalue weighted by atomic mass is 32.1. The van der Waals surface area contributed by atoms with E-state index in [1.54, 1.807) is 6.07 Å². The van der Waals surface area contributed by atoms with Crippen LogP contribution < -0.4 is 5.56 Å². The van der Waals surface area contributed by atoms with E-state index in [0.29, 0.717) is 11.4 Å². The molecule has 0 bridgehead atoms. The third-order valence-corrected chi connectivity index (χ3v) is 4.30. The molecule has 0 amide bonds. The fraction of sp³-hybridized carbons (Fsp3) is 0.125. The highest BCUT2D eigenvalue weighted by molar-refractivity contribution is 7.15. The van der Waals surface area contributed by atoms with Crippen molar-refractivity contribution in [2.45, 2.75) is 13.8 Å². The lowest BCUT2D eigenvalue weighted by Gasteiger charge is -2.07. The quantitative estimate of drug-likeness (QED) is 0.761. The van der Waals surface area contributed by atoms with Gasteiger partial charge in [-0.05, 0) is 37.1 Å². The second-order valence-corrected chi connectivity index (χ2v) is 6.13. The van der Waals surface area contributed by atoms with Crippen molar-refractivity contribution in [3.05, 3.63) is 57.2 Å². The zero-order chi connectivity index (χ0) is 15.0. The topological polar surface area (TPSA) is 66.0 Å². The van der Waals surface area contributed by atoms with E-state index in [1.165, 1.54) is 11.3 Å². The predicted molar refractivity (Wildman–Crippen MR) is 84.7 cm³/mol. The maximum absolute atomic E-state index is 12.3. The standard InChI is InChI=1S/C16H14N2O2S/c1-9-5-3-4-6-11(9)13-15(19)17-14(18-16(13)20)12-8-7-10(2)21-12/h3-8H,1-2H3,(H2,17,18,19,20). The van der Waals surface area contributed by atoms with Gasteiger partial charge in [0, 0.05) is 4.88 Å². The number of rotatable bonds is 2. The van der Waals surface area contributed by atoms with E-state index in [-0.39, 0.29) is 17.0 Å². The fourth-order valence-corrected chi connectivity index (χ4v) is 3.05. The Labute approximate surface area is 125 Å². The Kier molecular flexibility index (Phi) is 3.35. The van der Waals surface area contributed by atoms with Gasteiger partial charge in [0.05, 0.1) is 4.88 Å². The van der Waals surface area contributed by atoms with E-state index >= 15 is 0 Å². The Bertz CT molecular complexity index is 865. The molecule has 4 nitrogen and oxygen atoms in total. The molecule has 0 aliphatic rings. The fourth-order valence-electron chi connectivity index (χ4n) is 2.24. The van der Waals surface area contributed by atoms with Gasteiger partial charge in [0.15, 0.2) is 5.82 Å². The van der Waals surface area contributed by atoms with Crippen molar-refractivity contribution in [3.63, 3.8) is 0 Å². The molecule has 0 saturated heterocycles. The average molecular weight is 298 g/mol. The minimum atomic E-state index is -0.335. The monoisotopic (exact) mass is 298 g/mol. The van der Waals surface area contributed by atoms with Gasteiger partial charge in [0.2, 0.25) is 5.88 Å². The van der Waals surface area contributed by atoms with Crippen LogP contribution in [0.25, 0.3) is 21.8 Å². The van der Waals surface area contributed by atoms with Crippen LogP contribution in [0.2, 0.25) is 0 Å². The molecule has 3 aromatic rings. The van der Waals surface area contributed by atoms with E-state index < -0.39 is 0 Å². The minimum Gasteiger partial charge on any atom is -0.493 e. The molecule has 0 aliphatic heterocycles. The third-order valence-electron chi connectivity index (χ3n) is 3.29. The maximum Gasteiger partial charge on any atom is 0.262 e. The van der Waals surface area contributed by atoms with Crippen LogP contribution in [0.4, 0.5) is 0 Å². The molecular formula is C16H14N2O2S. The third kappa shape index (κ3) is 2.48. The first-order chi connectivity index (χ1) is 10.1. The number of hydrogen-bond donors (Lipinski definition) is 2. The average Bonchev–Trinajstić information content (AvgIpc) is 2.87. The van der Waals surface area contributed by atoms with Crippen LogP contribution in [0.3, 0.4) is 0 Å². The van der Waals surface area contributed by atoms with Crippen molar-refractivity contribution >= 4 is 11.3 Å². The lowest BCUT2D eigenvalue weighted by molar-refractivity contribution is 0.454. The summed E-state index contributed by atoms with van der Waals surface area (Å²) in [6.07, 6.45) is 0. The zero-order valence-electron chi connectivity index (χ0n) is 11.7. The number of hydrogen-bond acceptors (Lipinski definition) is 4. The number of aryl methyl sites for hydroxylation is 2. The molecule has 21 heavy (non-hydrogen) atoms. The molecule has 0 fully saturated rings. The molecule has 5 heteroatoms. The van der Waals surface area contributed by atoms with Crippen molar-refractivity contribution in [3.8, 4) is 27.7 Å². The van der Waals surface area contributed by atoms with Crippen LogP contribution in [0.1, 0.15) is 10.4 Å².